The molecule has 2 aromatic heterocycles. The largest absolute Gasteiger partial charge is 1.00 e. The molecule has 5 heterocycles. The average Bonchev–Trinajstić information content (AvgIpc) is 3.41. The lowest BCUT2D eigenvalue weighted by atomic mass is 9.77. The lowest BCUT2D eigenvalue weighted by Crippen LogP contribution is -3.00. The molecule has 2 N–H and O–H groups in total. The van der Waals surface area contributed by atoms with Gasteiger partial charge in [0, 0.05) is 24.6 Å². The minimum absolute atomic E-state index is 0. The van der Waals surface area contributed by atoms with E-state index < -0.39 is 18.0 Å². The summed E-state index contributed by atoms with van der Waals surface area (Å²) in [5, 5.41) is 20.9. The number of ether oxygens (including phenoxy) is 1. The number of thiazole rings is 1. The first-order valence-corrected chi connectivity index (χ1v) is 13.2. The first-order valence-electron chi connectivity index (χ1n) is 11.2. The summed E-state index contributed by atoms with van der Waals surface area (Å²) in [5.41, 5.74) is 0.621. The van der Waals surface area contributed by atoms with Gasteiger partial charge in [0.1, 0.15) is 11.9 Å². The van der Waals surface area contributed by atoms with Crippen molar-refractivity contribution in [1.82, 2.24) is 14.4 Å². The molecule has 2 aromatic rings. The third-order valence-corrected chi connectivity index (χ3v) is 8.99. The highest BCUT2D eigenvalue weighted by molar-refractivity contribution is 7.98. The van der Waals surface area contributed by atoms with Gasteiger partial charge in [-0.05, 0) is 13.2 Å². The molecule has 0 bridgehead atoms. The van der Waals surface area contributed by atoms with Crippen LogP contribution in [0.25, 0.3) is 10.4 Å². The average molecular weight is 588 g/mol. The number of aliphatic carboxylic acids is 1. The van der Waals surface area contributed by atoms with Crippen molar-refractivity contribution in [3.63, 3.8) is 0 Å². The molecule has 2 amide bonds. The van der Waals surface area contributed by atoms with Gasteiger partial charge in [-0.15, -0.1) is 0 Å². The Morgan fingerprint density at radius 2 is 2.03 bits per heavy atom. The molecule has 3 aliphatic heterocycles. The number of nitrogens with zero attached hydrogens (tertiary/aromatic N) is 4. The summed E-state index contributed by atoms with van der Waals surface area (Å²) in [5.74, 6) is -2.26. The highest BCUT2D eigenvalue weighted by atomic mass is 79.9. The van der Waals surface area contributed by atoms with Crippen molar-refractivity contribution in [3.8, 4) is 0 Å². The standard InChI is InChI=1S/C22H26N4O6S2.BrH/c1-11-15(18(22(30)31)26-17(11)16(12(2)27)19(26)29)13-8-24-10-25(20(33-3)21(24)34-13)9-14(28)23-4-6-32-7-5-23;/h8,10-12,16-17,27H,4-7,9H2,1-3H3;1H/t11-,12+,16+,17+;/m0./s1. The Kier molecular flexibility index (Phi) is 7.36. The number of carbonyl (C=O) groups is 3. The Morgan fingerprint density at radius 1 is 1.34 bits per heavy atom. The van der Waals surface area contributed by atoms with Gasteiger partial charge in [0.25, 0.3) is 12.2 Å². The van der Waals surface area contributed by atoms with Crippen molar-refractivity contribution in [2.45, 2.75) is 37.6 Å². The van der Waals surface area contributed by atoms with Crippen molar-refractivity contribution in [2.24, 2.45) is 11.8 Å². The van der Waals surface area contributed by atoms with Crippen LogP contribution in [0.2, 0.25) is 0 Å². The second-order valence-corrected chi connectivity index (χ2v) is 10.7. The van der Waals surface area contributed by atoms with E-state index in [1.54, 1.807) is 6.92 Å². The maximum atomic E-state index is 12.8. The Bertz CT molecular complexity index is 1220. The van der Waals surface area contributed by atoms with Crippen LogP contribution in [0, 0.1) is 11.8 Å². The van der Waals surface area contributed by atoms with Crippen molar-refractivity contribution < 1.29 is 50.7 Å². The monoisotopic (exact) mass is 586 g/mol. The molecule has 35 heavy (non-hydrogen) atoms. The van der Waals surface area contributed by atoms with E-state index in [0.717, 1.165) is 14.7 Å². The normalized spacial score (nSPS) is 24.9. The summed E-state index contributed by atoms with van der Waals surface area (Å²) < 4.78 is 9.17. The zero-order valence-corrected chi connectivity index (χ0v) is 22.7. The number of aromatic nitrogens is 2. The Balaban J connectivity index is 0.00000289. The Hall–Kier alpha value is -1.93. The van der Waals surface area contributed by atoms with E-state index in [9.17, 15) is 24.6 Å². The summed E-state index contributed by atoms with van der Waals surface area (Å²) in [6, 6.07) is -0.355. The number of carbonyl (C=O) groups excluding carboxylic acids is 2. The number of halogens is 1. The fourth-order valence-electron chi connectivity index (χ4n) is 5.33. The van der Waals surface area contributed by atoms with Crippen LogP contribution in [0.1, 0.15) is 18.7 Å². The molecule has 4 atom stereocenters. The number of thioether (sulfide) groups is 1. The first-order chi connectivity index (χ1) is 16.2. The molecule has 5 rings (SSSR count). The van der Waals surface area contributed by atoms with Crippen LogP contribution in [-0.2, 0) is 25.7 Å². The number of fused-ring (bicyclic) bond motifs is 2. The maximum Gasteiger partial charge on any atom is 0.352 e. The van der Waals surface area contributed by atoms with Gasteiger partial charge in [-0.3, -0.25) is 9.59 Å². The number of aliphatic hydroxyl groups is 1. The molecular weight excluding hydrogens is 560 g/mol. The van der Waals surface area contributed by atoms with Gasteiger partial charge >= 0.3 is 5.97 Å². The summed E-state index contributed by atoms with van der Waals surface area (Å²) in [7, 11) is 0. The predicted molar refractivity (Wildman–Crippen MR) is 124 cm³/mol. The molecule has 0 aromatic carbocycles. The van der Waals surface area contributed by atoms with Gasteiger partial charge in [-0.25, -0.2) is 9.36 Å². The van der Waals surface area contributed by atoms with Crippen LogP contribution >= 0.6 is 23.1 Å². The second-order valence-electron chi connectivity index (χ2n) is 8.87. The summed E-state index contributed by atoms with van der Waals surface area (Å²) >= 11 is 2.98. The fourth-order valence-corrected chi connectivity index (χ4v) is 7.50. The number of morpholine rings is 1. The minimum atomic E-state index is -1.14. The second kappa shape index (κ2) is 9.85. The van der Waals surface area contributed by atoms with Crippen molar-refractivity contribution in [1.29, 1.82) is 0 Å². The summed E-state index contributed by atoms with van der Waals surface area (Å²) in [4.78, 5) is 42.4. The number of hydrogen-bond acceptors (Lipinski definition) is 7. The van der Waals surface area contributed by atoms with Gasteiger partial charge in [0.15, 0.2) is 6.54 Å². The van der Waals surface area contributed by atoms with Crippen LogP contribution in [0.5, 0.6) is 0 Å². The lowest BCUT2D eigenvalue weighted by molar-refractivity contribution is -0.508. The van der Waals surface area contributed by atoms with Crippen molar-refractivity contribution >= 4 is 51.3 Å². The van der Waals surface area contributed by atoms with Crippen LogP contribution in [0.4, 0.5) is 0 Å². The smallest absolute Gasteiger partial charge is 0.352 e. The molecule has 0 saturated carbocycles. The minimum Gasteiger partial charge on any atom is -1.00 e. The third kappa shape index (κ3) is 4.10. The van der Waals surface area contributed by atoms with Gasteiger partial charge in [0.05, 0.1) is 36.2 Å². The lowest BCUT2D eigenvalue weighted by Gasteiger charge is -2.46. The molecule has 0 spiro atoms. The molecule has 13 heteroatoms. The van der Waals surface area contributed by atoms with E-state index in [1.165, 1.54) is 28.0 Å². The zero-order valence-electron chi connectivity index (χ0n) is 19.5. The van der Waals surface area contributed by atoms with E-state index >= 15 is 0 Å². The Morgan fingerprint density at radius 3 is 2.63 bits per heavy atom. The van der Waals surface area contributed by atoms with Crippen LogP contribution < -0.4 is 21.4 Å². The number of β-lactam (4-membered cyclic amide) rings is 1. The molecule has 2 fully saturated rings. The van der Waals surface area contributed by atoms with E-state index in [1.807, 2.05) is 39.6 Å². The topological polar surface area (TPSA) is 116 Å². The fraction of sp³-hybridized carbons (Fsp3) is 0.545. The molecule has 0 aliphatic carbocycles. The maximum absolute atomic E-state index is 12.8. The highest BCUT2D eigenvalue weighted by Crippen LogP contribution is 2.51. The van der Waals surface area contributed by atoms with Gasteiger partial charge in [-0.1, -0.05) is 30.0 Å². The number of carboxylic acid groups (broad SMARTS) is 1. The third-order valence-electron chi connectivity index (χ3n) is 6.91. The molecule has 3 aliphatic rings. The number of rotatable bonds is 6. The van der Waals surface area contributed by atoms with Gasteiger partial charge in [0.2, 0.25) is 15.8 Å². The van der Waals surface area contributed by atoms with E-state index in [4.69, 9.17) is 4.74 Å². The molecule has 2 saturated heterocycles. The Labute approximate surface area is 220 Å². The molecule has 0 radical (unpaired) electrons. The number of hydrogen-bond donors (Lipinski definition) is 2. The van der Waals surface area contributed by atoms with Crippen LogP contribution in [0.3, 0.4) is 0 Å². The molecule has 0 unspecified atom stereocenters. The van der Waals surface area contributed by atoms with Crippen LogP contribution in [0.15, 0.2) is 23.2 Å². The van der Waals surface area contributed by atoms with Crippen molar-refractivity contribution in [2.75, 3.05) is 32.6 Å². The molecular formula is C22H27BrN4O6S2. The SMILES string of the molecule is CSc1c2sc(C3=C(C(=O)O)N4C(=O)[C@H]([C@@H](C)O)[C@H]4[C@H]3C)c[n+]2cn1CC(=O)N1CCOCC1.[Br-]. The number of carboxylic acids is 1. The van der Waals surface area contributed by atoms with E-state index in [2.05, 4.69) is 0 Å². The number of aliphatic hydroxyl groups excluding tert-OH is 1. The quantitative estimate of drug-likeness (QED) is 0.219. The first kappa shape index (κ1) is 26.1. The summed E-state index contributed by atoms with van der Waals surface area (Å²) in [6.07, 6.45) is 4.84. The number of imidazole rings is 1. The molecule has 190 valence electrons. The zero-order chi connectivity index (χ0) is 24.3. The molecule has 10 nitrogen and oxygen atoms in total. The summed E-state index contributed by atoms with van der Waals surface area (Å²) in [6.45, 7) is 5.99. The van der Waals surface area contributed by atoms with Gasteiger partial charge < -0.3 is 41.7 Å². The number of amides is 2. The van der Waals surface area contributed by atoms with E-state index in [-0.39, 0.29) is 53.0 Å². The van der Waals surface area contributed by atoms with E-state index in [0.29, 0.717) is 31.9 Å². The van der Waals surface area contributed by atoms with Gasteiger partial charge in [-0.2, -0.15) is 4.40 Å². The van der Waals surface area contributed by atoms with Crippen molar-refractivity contribution in [3.05, 3.63) is 23.1 Å². The van der Waals surface area contributed by atoms with Crippen LogP contribution in [-0.4, -0.2) is 87.1 Å². The predicted octanol–water partition coefficient (Wildman–Crippen LogP) is -2.47. The highest BCUT2D eigenvalue weighted by Gasteiger charge is 2.60.